The lowest BCUT2D eigenvalue weighted by Gasteiger charge is -2.14. The maximum Gasteiger partial charge on any atom is 0.272 e. The van der Waals surface area contributed by atoms with Crippen molar-refractivity contribution >= 4 is 63.4 Å². The molecule has 3 N–H and O–H groups in total. The molecule has 4 rings (SSSR count). The normalized spacial score (nSPS) is 11.0. The van der Waals surface area contributed by atoms with Crippen LogP contribution in [0.15, 0.2) is 94.8 Å². The number of hydrogen-bond acceptors (Lipinski definition) is 7. The van der Waals surface area contributed by atoms with Gasteiger partial charge < -0.3 is 20.9 Å². The summed E-state index contributed by atoms with van der Waals surface area (Å²) in [6.45, 7) is 1.87. The first-order chi connectivity index (χ1) is 19.3. The monoisotopic (exact) mass is 571 g/mol. The maximum absolute atomic E-state index is 13.4. The van der Waals surface area contributed by atoms with Crippen LogP contribution in [0.1, 0.15) is 21.6 Å². The predicted octanol–water partition coefficient (Wildman–Crippen LogP) is 5.66. The number of thioether (sulfide) groups is 1. The number of carbonyl (C=O) groups is 3. The average Bonchev–Trinajstić information content (AvgIpc) is 3.36. The molecule has 8 nitrogen and oxygen atoms in total. The van der Waals surface area contributed by atoms with E-state index < -0.39 is 11.8 Å². The second-order valence-electron chi connectivity index (χ2n) is 8.98. The van der Waals surface area contributed by atoms with Crippen molar-refractivity contribution in [2.45, 2.75) is 11.8 Å². The zero-order valence-electron chi connectivity index (χ0n) is 22.3. The SMILES string of the molecule is Cc1csc(NC(=O)CSc2cccc(NC(=O)/C(=C\c3ccc(N(C)C)cc3)NC(=O)c3ccccc3)c2)n1. The van der Waals surface area contributed by atoms with Gasteiger partial charge in [0, 0.05) is 41.3 Å². The largest absolute Gasteiger partial charge is 0.378 e. The Morgan fingerprint density at radius 1 is 0.950 bits per heavy atom. The van der Waals surface area contributed by atoms with Crippen molar-refractivity contribution in [3.63, 3.8) is 0 Å². The second kappa shape index (κ2) is 13.6. The number of amides is 3. The van der Waals surface area contributed by atoms with Gasteiger partial charge in [-0.05, 0) is 61.0 Å². The Kier molecular flexibility index (Phi) is 9.71. The van der Waals surface area contributed by atoms with Gasteiger partial charge in [0.15, 0.2) is 5.13 Å². The first kappa shape index (κ1) is 28.6. The molecule has 0 spiro atoms. The molecule has 0 radical (unpaired) electrons. The summed E-state index contributed by atoms with van der Waals surface area (Å²) in [5, 5.41) is 10.8. The van der Waals surface area contributed by atoms with Crippen LogP contribution >= 0.6 is 23.1 Å². The summed E-state index contributed by atoms with van der Waals surface area (Å²) in [7, 11) is 3.90. The lowest BCUT2D eigenvalue weighted by atomic mass is 10.1. The van der Waals surface area contributed by atoms with Crippen molar-refractivity contribution < 1.29 is 14.4 Å². The van der Waals surface area contributed by atoms with Crippen molar-refractivity contribution in [3.05, 3.63) is 107 Å². The summed E-state index contributed by atoms with van der Waals surface area (Å²) in [5.74, 6) is -0.836. The molecule has 0 bridgehead atoms. The van der Waals surface area contributed by atoms with Gasteiger partial charge in [-0.1, -0.05) is 36.4 Å². The Morgan fingerprint density at radius 3 is 2.38 bits per heavy atom. The van der Waals surface area contributed by atoms with Crippen LogP contribution in [0.4, 0.5) is 16.5 Å². The standard InChI is InChI=1S/C30H29N5O3S2/c1-20-18-40-30(31-20)34-27(36)19-39-25-11-7-10-23(17-25)32-29(38)26(33-28(37)22-8-5-4-6-9-22)16-21-12-14-24(15-13-21)35(2)3/h4-18H,19H2,1-3H3,(H,32,38)(H,33,37)(H,31,34,36)/b26-16+. The predicted molar refractivity (Wildman–Crippen MR) is 164 cm³/mol. The lowest BCUT2D eigenvalue weighted by Crippen LogP contribution is -2.30. The zero-order valence-corrected chi connectivity index (χ0v) is 23.9. The van der Waals surface area contributed by atoms with Gasteiger partial charge in [0.1, 0.15) is 5.70 Å². The first-order valence-corrected chi connectivity index (χ1v) is 14.2. The third-order valence-electron chi connectivity index (χ3n) is 5.58. The summed E-state index contributed by atoms with van der Waals surface area (Å²) in [6.07, 6.45) is 1.64. The number of thiazole rings is 1. The number of aryl methyl sites for hydroxylation is 1. The average molecular weight is 572 g/mol. The first-order valence-electron chi connectivity index (χ1n) is 12.4. The molecule has 40 heavy (non-hydrogen) atoms. The van der Waals surface area contributed by atoms with Gasteiger partial charge >= 0.3 is 0 Å². The minimum atomic E-state index is -0.472. The molecule has 0 fully saturated rings. The van der Waals surface area contributed by atoms with Crippen molar-refractivity contribution in [1.82, 2.24) is 10.3 Å². The Labute approximate surface area is 241 Å². The highest BCUT2D eigenvalue weighted by molar-refractivity contribution is 8.00. The van der Waals surface area contributed by atoms with Crippen molar-refractivity contribution in [3.8, 4) is 0 Å². The van der Waals surface area contributed by atoms with Crippen LogP contribution in [0.2, 0.25) is 0 Å². The summed E-state index contributed by atoms with van der Waals surface area (Å²) >= 11 is 2.72. The second-order valence-corrected chi connectivity index (χ2v) is 10.9. The van der Waals surface area contributed by atoms with Crippen LogP contribution in [0.3, 0.4) is 0 Å². The fourth-order valence-electron chi connectivity index (χ4n) is 3.56. The minimum absolute atomic E-state index is 0.0997. The molecule has 3 aromatic carbocycles. The van der Waals surface area contributed by atoms with Gasteiger partial charge in [-0.15, -0.1) is 23.1 Å². The fraction of sp³-hybridized carbons (Fsp3) is 0.133. The zero-order chi connectivity index (χ0) is 28.5. The van der Waals surface area contributed by atoms with E-state index in [1.165, 1.54) is 23.1 Å². The number of nitrogens with zero attached hydrogens (tertiary/aromatic N) is 2. The van der Waals surface area contributed by atoms with E-state index in [1.54, 1.807) is 48.5 Å². The molecule has 0 unspecified atom stereocenters. The number of hydrogen-bond donors (Lipinski definition) is 3. The molecule has 0 aliphatic heterocycles. The van der Waals surface area contributed by atoms with Crippen LogP contribution in [0.25, 0.3) is 6.08 Å². The molecular formula is C30H29N5O3S2. The van der Waals surface area contributed by atoms with Gasteiger partial charge in [-0.2, -0.15) is 0 Å². The molecule has 4 aromatic rings. The van der Waals surface area contributed by atoms with Crippen LogP contribution in [0.5, 0.6) is 0 Å². The minimum Gasteiger partial charge on any atom is -0.378 e. The third kappa shape index (κ3) is 8.29. The number of aromatic nitrogens is 1. The van der Waals surface area contributed by atoms with Gasteiger partial charge in [0.2, 0.25) is 5.91 Å². The quantitative estimate of drug-likeness (QED) is 0.168. The van der Waals surface area contributed by atoms with E-state index in [1.807, 2.05) is 67.7 Å². The Bertz CT molecular complexity index is 1520. The van der Waals surface area contributed by atoms with E-state index in [-0.39, 0.29) is 17.4 Å². The van der Waals surface area contributed by atoms with Crippen LogP contribution in [-0.4, -0.2) is 42.6 Å². The number of benzene rings is 3. The smallest absolute Gasteiger partial charge is 0.272 e. The Balaban J connectivity index is 1.47. The number of carbonyl (C=O) groups excluding carboxylic acids is 3. The van der Waals surface area contributed by atoms with Crippen molar-refractivity contribution in [1.29, 1.82) is 0 Å². The van der Waals surface area contributed by atoms with E-state index in [2.05, 4.69) is 20.9 Å². The molecule has 0 atom stereocenters. The molecular weight excluding hydrogens is 542 g/mol. The molecule has 0 saturated carbocycles. The molecule has 3 amide bonds. The van der Waals surface area contributed by atoms with Gasteiger partial charge in [-0.25, -0.2) is 4.98 Å². The number of anilines is 3. The maximum atomic E-state index is 13.4. The highest BCUT2D eigenvalue weighted by atomic mass is 32.2. The molecule has 0 aliphatic rings. The third-order valence-corrected chi connectivity index (χ3v) is 7.45. The summed E-state index contributed by atoms with van der Waals surface area (Å²) in [6, 6.07) is 23.5. The van der Waals surface area contributed by atoms with Gasteiger partial charge in [0.05, 0.1) is 11.4 Å². The molecule has 1 aromatic heterocycles. The Morgan fingerprint density at radius 2 is 1.70 bits per heavy atom. The summed E-state index contributed by atoms with van der Waals surface area (Å²) in [4.78, 5) is 45.6. The van der Waals surface area contributed by atoms with Crippen molar-refractivity contribution in [2.24, 2.45) is 0 Å². The van der Waals surface area contributed by atoms with Crippen LogP contribution < -0.4 is 20.9 Å². The van der Waals surface area contributed by atoms with E-state index in [0.29, 0.717) is 16.4 Å². The van der Waals surface area contributed by atoms with Gasteiger partial charge in [-0.3, -0.25) is 14.4 Å². The van der Waals surface area contributed by atoms with Gasteiger partial charge in [0.25, 0.3) is 11.8 Å². The Hall–Kier alpha value is -4.41. The topological polar surface area (TPSA) is 103 Å². The van der Waals surface area contributed by atoms with E-state index in [4.69, 9.17) is 0 Å². The van der Waals surface area contributed by atoms with E-state index >= 15 is 0 Å². The van der Waals surface area contributed by atoms with E-state index in [9.17, 15) is 14.4 Å². The number of nitrogens with one attached hydrogen (secondary N) is 3. The highest BCUT2D eigenvalue weighted by Gasteiger charge is 2.16. The molecule has 204 valence electrons. The molecule has 0 aliphatic carbocycles. The fourth-order valence-corrected chi connectivity index (χ4v) is 5.01. The van der Waals surface area contributed by atoms with Crippen LogP contribution in [0, 0.1) is 6.92 Å². The molecule has 1 heterocycles. The van der Waals surface area contributed by atoms with Crippen LogP contribution in [-0.2, 0) is 9.59 Å². The number of rotatable bonds is 10. The summed E-state index contributed by atoms with van der Waals surface area (Å²) < 4.78 is 0. The summed E-state index contributed by atoms with van der Waals surface area (Å²) in [5.41, 5.74) is 3.71. The lowest BCUT2D eigenvalue weighted by molar-refractivity contribution is -0.114. The molecule has 0 saturated heterocycles. The molecule has 10 heteroatoms. The van der Waals surface area contributed by atoms with Crippen molar-refractivity contribution in [2.75, 3.05) is 35.4 Å². The highest BCUT2D eigenvalue weighted by Crippen LogP contribution is 2.23. The van der Waals surface area contributed by atoms with E-state index in [0.717, 1.165) is 21.8 Å².